The van der Waals surface area contributed by atoms with E-state index < -0.39 is 29.0 Å². The van der Waals surface area contributed by atoms with Gasteiger partial charge in [0.15, 0.2) is 0 Å². The molecule has 0 unspecified atom stereocenters. The Hall–Kier alpha value is -9.13. The minimum atomic E-state index is -5.21. The van der Waals surface area contributed by atoms with E-state index in [1.54, 1.807) is 0 Å². The van der Waals surface area contributed by atoms with Crippen molar-refractivity contribution in [3.8, 4) is 73.1 Å². The first-order valence-electron chi connectivity index (χ1n) is 24.8. The fourth-order valence-electron chi connectivity index (χ4n) is 10.7. The zero-order chi connectivity index (χ0) is 52.8. The van der Waals surface area contributed by atoms with Crippen molar-refractivity contribution in [1.29, 1.82) is 5.26 Å². The molecular weight excluding hydrogens is 961 g/mol. The van der Waals surface area contributed by atoms with E-state index in [0.717, 1.165) is 94.4 Å². The van der Waals surface area contributed by atoms with Crippen molar-refractivity contribution in [3.63, 3.8) is 0 Å². The summed E-state index contributed by atoms with van der Waals surface area (Å²) in [6, 6.07) is 64.1. The molecular formula is C67H45F6N3. The Balaban J connectivity index is 1.25. The first kappa shape index (κ1) is 47.8. The third-order valence-corrected chi connectivity index (χ3v) is 14.7. The molecule has 0 aliphatic carbocycles. The molecule has 0 atom stereocenters. The molecule has 0 fully saturated rings. The summed E-state index contributed by atoms with van der Waals surface area (Å²) in [5, 5.41) is 15.2. The maximum atomic E-state index is 15.5. The largest absolute Gasteiger partial charge is 0.417 e. The average molecular weight is 1010 g/mol. The number of nitrogens with zero attached hydrogens (tertiary/aromatic N) is 3. The number of fused-ring (bicyclic) bond motifs is 6. The standard InChI is InChI=1S/C67H45F6N3/c1-39-5-13-43(14-6-39)47-21-26-54-55-27-22-48(44-15-7-40(2)8-16-44)32-61(55)75(60(54)31-47)64-35-51(53-30-25-52(66(68,69)70)37-59(53)67(71,72)73)36-65(58(64)38-74)76-62-33-49(45-17-9-41(3)10-18-45)23-28-56(62)57-29-24-50(34-63(57)76)46-19-11-42(4)12-20-46/h5-37H,1-4H3. The number of alkyl halides is 6. The molecule has 0 spiro atoms. The molecule has 0 radical (unpaired) electrons. The first-order valence-corrected chi connectivity index (χ1v) is 24.8. The van der Waals surface area contributed by atoms with Crippen LogP contribution in [-0.4, -0.2) is 9.13 Å². The molecule has 9 heteroatoms. The summed E-state index contributed by atoms with van der Waals surface area (Å²) < 4.78 is 93.6. The summed E-state index contributed by atoms with van der Waals surface area (Å²) in [4.78, 5) is 0. The highest BCUT2D eigenvalue weighted by molar-refractivity contribution is 6.13. The molecule has 0 bridgehead atoms. The molecule has 0 saturated carbocycles. The van der Waals surface area contributed by atoms with Crippen LogP contribution in [-0.2, 0) is 12.4 Å². The van der Waals surface area contributed by atoms with Crippen LogP contribution in [0.25, 0.3) is 111 Å². The monoisotopic (exact) mass is 1010 g/mol. The summed E-state index contributed by atoms with van der Waals surface area (Å²) in [5.74, 6) is 0. The highest BCUT2D eigenvalue weighted by atomic mass is 19.4. The van der Waals surface area contributed by atoms with Crippen LogP contribution in [0.3, 0.4) is 0 Å². The van der Waals surface area contributed by atoms with Crippen molar-refractivity contribution < 1.29 is 26.3 Å². The number of hydrogen-bond acceptors (Lipinski definition) is 1. The van der Waals surface area contributed by atoms with Crippen molar-refractivity contribution in [2.75, 3.05) is 0 Å². The lowest BCUT2D eigenvalue weighted by Crippen LogP contribution is -2.12. The van der Waals surface area contributed by atoms with Crippen LogP contribution in [0.1, 0.15) is 38.9 Å². The van der Waals surface area contributed by atoms with Crippen molar-refractivity contribution in [2.24, 2.45) is 0 Å². The van der Waals surface area contributed by atoms with E-state index in [1.165, 1.54) is 12.1 Å². The van der Waals surface area contributed by atoms with Crippen molar-refractivity contribution in [1.82, 2.24) is 9.13 Å². The Labute approximate surface area is 434 Å². The normalized spacial score (nSPS) is 12.1. The Bertz CT molecular complexity index is 3880. The molecule has 10 aromatic carbocycles. The molecule has 0 N–H and O–H groups in total. The van der Waals surface area contributed by atoms with Gasteiger partial charge in [0.05, 0.1) is 44.6 Å². The molecule has 0 aliphatic rings. The first-order chi connectivity index (χ1) is 36.5. The highest BCUT2D eigenvalue weighted by Crippen LogP contribution is 2.46. The number of rotatable bonds is 7. The van der Waals surface area contributed by atoms with Crippen LogP contribution in [0.15, 0.2) is 200 Å². The van der Waals surface area contributed by atoms with Gasteiger partial charge in [-0.15, -0.1) is 0 Å². The number of benzene rings is 10. The fourth-order valence-corrected chi connectivity index (χ4v) is 10.7. The van der Waals surface area contributed by atoms with Gasteiger partial charge in [-0.05, 0) is 132 Å². The van der Waals surface area contributed by atoms with Gasteiger partial charge >= 0.3 is 12.4 Å². The van der Waals surface area contributed by atoms with Gasteiger partial charge < -0.3 is 9.13 Å². The van der Waals surface area contributed by atoms with E-state index in [4.69, 9.17) is 0 Å². The highest BCUT2D eigenvalue weighted by Gasteiger charge is 2.39. The van der Waals surface area contributed by atoms with E-state index >= 15 is 13.2 Å². The minimum absolute atomic E-state index is 0.0381. The zero-order valence-corrected chi connectivity index (χ0v) is 41.7. The molecule has 370 valence electrons. The summed E-state index contributed by atoms with van der Waals surface area (Å²) in [6.07, 6.45) is -10.3. The Morgan fingerprint density at radius 1 is 0.329 bits per heavy atom. The van der Waals surface area contributed by atoms with Gasteiger partial charge in [0.25, 0.3) is 0 Å². The van der Waals surface area contributed by atoms with Crippen LogP contribution < -0.4 is 0 Å². The third-order valence-electron chi connectivity index (χ3n) is 14.7. The van der Waals surface area contributed by atoms with E-state index in [-0.39, 0.29) is 28.6 Å². The van der Waals surface area contributed by atoms with E-state index in [1.807, 2.05) is 207 Å². The second kappa shape index (κ2) is 18.1. The predicted molar refractivity (Wildman–Crippen MR) is 296 cm³/mol. The van der Waals surface area contributed by atoms with Gasteiger partial charge in [-0.3, -0.25) is 0 Å². The quantitative estimate of drug-likeness (QED) is 0.147. The second-order valence-corrected chi connectivity index (χ2v) is 19.8. The van der Waals surface area contributed by atoms with Crippen LogP contribution in [0.2, 0.25) is 0 Å². The fraction of sp³-hybridized carbons (Fsp3) is 0.0896. The lowest BCUT2D eigenvalue weighted by atomic mass is 9.94. The topological polar surface area (TPSA) is 33.6 Å². The van der Waals surface area contributed by atoms with Gasteiger partial charge in [0.1, 0.15) is 11.6 Å². The number of halogens is 6. The smallest absolute Gasteiger partial charge is 0.308 e. The summed E-state index contributed by atoms with van der Waals surface area (Å²) >= 11 is 0. The van der Waals surface area contributed by atoms with Gasteiger partial charge in [-0.2, -0.15) is 31.6 Å². The molecule has 0 saturated heterocycles. The SMILES string of the molecule is Cc1ccc(-c2ccc3c4ccc(-c5ccc(C)cc5)cc4n(-c4cc(-c5ccc(C(F)(F)F)cc5C(F)(F)F)cc(-n5c6cc(-c7ccc(C)cc7)ccc6c6ccc(-c7ccc(C)cc7)cc65)c4C#N)c3c2)cc1. The average Bonchev–Trinajstić information content (AvgIpc) is 4.10. The maximum absolute atomic E-state index is 15.5. The number of aromatic nitrogens is 2. The van der Waals surface area contributed by atoms with Gasteiger partial charge in [-0.1, -0.05) is 174 Å². The van der Waals surface area contributed by atoms with Crippen molar-refractivity contribution in [2.45, 2.75) is 40.0 Å². The molecule has 12 rings (SSSR count). The zero-order valence-electron chi connectivity index (χ0n) is 41.7. The van der Waals surface area contributed by atoms with E-state index in [2.05, 4.69) is 6.07 Å². The molecule has 2 heterocycles. The van der Waals surface area contributed by atoms with E-state index in [0.29, 0.717) is 28.1 Å². The van der Waals surface area contributed by atoms with Crippen molar-refractivity contribution >= 4 is 43.6 Å². The Kier molecular flexibility index (Phi) is 11.4. The molecule has 0 aliphatic heterocycles. The number of hydrogen-bond donors (Lipinski definition) is 0. The van der Waals surface area contributed by atoms with Gasteiger partial charge in [0.2, 0.25) is 0 Å². The Morgan fingerprint density at radius 2 is 0.632 bits per heavy atom. The molecule has 76 heavy (non-hydrogen) atoms. The lowest BCUT2D eigenvalue weighted by Gasteiger charge is -2.21. The molecule has 0 amide bonds. The van der Waals surface area contributed by atoms with Crippen LogP contribution >= 0.6 is 0 Å². The lowest BCUT2D eigenvalue weighted by molar-refractivity contribution is -0.142. The van der Waals surface area contributed by atoms with Crippen molar-refractivity contribution in [3.05, 3.63) is 239 Å². The van der Waals surface area contributed by atoms with Crippen LogP contribution in [0.4, 0.5) is 26.3 Å². The van der Waals surface area contributed by atoms with E-state index in [9.17, 15) is 18.4 Å². The second-order valence-electron chi connectivity index (χ2n) is 19.8. The van der Waals surface area contributed by atoms with Gasteiger partial charge in [-0.25, -0.2) is 0 Å². The summed E-state index contributed by atoms with van der Waals surface area (Å²) in [7, 11) is 0. The third kappa shape index (κ3) is 8.36. The molecule has 3 nitrogen and oxygen atoms in total. The predicted octanol–water partition coefficient (Wildman–Crippen LogP) is 19.4. The molecule has 12 aromatic rings. The van der Waals surface area contributed by atoms with Crippen LogP contribution in [0.5, 0.6) is 0 Å². The number of nitriles is 1. The van der Waals surface area contributed by atoms with Gasteiger partial charge in [0, 0.05) is 21.5 Å². The Morgan fingerprint density at radius 3 is 0.908 bits per heavy atom. The van der Waals surface area contributed by atoms with Crippen LogP contribution in [0, 0.1) is 39.0 Å². The number of aryl methyl sites for hydroxylation is 4. The summed E-state index contributed by atoms with van der Waals surface area (Å²) in [6.45, 7) is 8.04. The molecule has 2 aromatic heterocycles. The summed E-state index contributed by atoms with van der Waals surface area (Å²) in [5.41, 5.74) is 11.4. The minimum Gasteiger partial charge on any atom is -0.308 e. The maximum Gasteiger partial charge on any atom is 0.417 e.